The average molecular weight is 469 g/mol. The number of halogens is 1. The number of carbonyl (C=O) groups excluding carboxylic acids is 2. The molecule has 2 aliphatic heterocycles. The fraction of sp³-hybridized carbons (Fsp3) is 0.385. The lowest BCUT2D eigenvalue weighted by Gasteiger charge is -2.27. The number of fused-ring (bicyclic) bond motifs is 1. The molecule has 34 heavy (non-hydrogen) atoms. The van der Waals surface area contributed by atoms with Gasteiger partial charge in [-0.2, -0.15) is 0 Å². The number of ketones is 1. The van der Waals surface area contributed by atoms with Gasteiger partial charge in [0.05, 0.1) is 11.6 Å². The van der Waals surface area contributed by atoms with Gasteiger partial charge in [-0.25, -0.2) is 4.39 Å². The Morgan fingerprint density at radius 1 is 1.06 bits per heavy atom. The van der Waals surface area contributed by atoms with Gasteiger partial charge in [-0.15, -0.1) is 0 Å². The zero-order chi connectivity index (χ0) is 24.2. The minimum Gasteiger partial charge on any atom is -0.507 e. The van der Waals surface area contributed by atoms with E-state index in [4.69, 9.17) is 9.47 Å². The molecule has 1 amide bonds. The molecule has 0 spiro atoms. The van der Waals surface area contributed by atoms with Crippen LogP contribution in [0, 0.1) is 5.82 Å². The van der Waals surface area contributed by atoms with Gasteiger partial charge in [0, 0.05) is 12.1 Å². The predicted molar refractivity (Wildman–Crippen MR) is 125 cm³/mol. The topological polar surface area (TPSA) is 79.3 Å². The molecular weight excluding hydrogens is 439 g/mol. The molecule has 1 saturated heterocycles. The van der Waals surface area contributed by atoms with Crippen molar-refractivity contribution in [2.45, 2.75) is 26.3 Å². The molecule has 2 aromatic rings. The Hall–Kier alpha value is -3.39. The number of benzene rings is 2. The summed E-state index contributed by atoms with van der Waals surface area (Å²) in [6.07, 6.45) is 0.663. The lowest BCUT2D eigenvalue weighted by molar-refractivity contribution is -0.140. The van der Waals surface area contributed by atoms with Crippen molar-refractivity contribution in [1.29, 1.82) is 0 Å². The van der Waals surface area contributed by atoms with Crippen molar-refractivity contribution in [2.24, 2.45) is 0 Å². The third-order valence-electron chi connectivity index (χ3n) is 6.31. The van der Waals surface area contributed by atoms with Gasteiger partial charge < -0.3 is 24.4 Å². The molecular formula is C26H29FN2O5. The van der Waals surface area contributed by atoms with E-state index in [1.807, 2.05) is 0 Å². The SMILES string of the molecule is CCN(CC)CCCN1C(=O)C(=O)/C(=C(\O)c2ccc3c(c2)OCCO3)C1c1ccc(F)cc1. The van der Waals surface area contributed by atoms with Crippen LogP contribution < -0.4 is 9.47 Å². The van der Waals surface area contributed by atoms with Crippen LogP contribution in [-0.2, 0) is 9.59 Å². The Bertz CT molecular complexity index is 1090. The number of Topliss-reactive ketones (excluding diaryl/α,β-unsaturated/α-hetero) is 1. The number of hydrogen-bond acceptors (Lipinski definition) is 6. The van der Waals surface area contributed by atoms with Crippen LogP contribution >= 0.6 is 0 Å². The van der Waals surface area contributed by atoms with Crippen molar-refractivity contribution in [1.82, 2.24) is 9.80 Å². The zero-order valence-corrected chi connectivity index (χ0v) is 19.4. The summed E-state index contributed by atoms with van der Waals surface area (Å²) in [7, 11) is 0. The van der Waals surface area contributed by atoms with Crippen molar-refractivity contribution >= 4 is 17.4 Å². The van der Waals surface area contributed by atoms with Crippen LogP contribution in [0.2, 0.25) is 0 Å². The number of rotatable bonds is 8. The van der Waals surface area contributed by atoms with Crippen molar-refractivity contribution in [3.8, 4) is 11.5 Å². The normalized spacial score (nSPS) is 19.2. The van der Waals surface area contributed by atoms with Gasteiger partial charge in [-0.3, -0.25) is 9.59 Å². The molecule has 4 rings (SSSR count). The van der Waals surface area contributed by atoms with E-state index in [2.05, 4.69) is 18.7 Å². The molecule has 0 aromatic heterocycles. The van der Waals surface area contributed by atoms with Gasteiger partial charge in [0.2, 0.25) is 0 Å². The number of aliphatic hydroxyl groups is 1. The second kappa shape index (κ2) is 10.3. The monoisotopic (exact) mass is 468 g/mol. The summed E-state index contributed by atoms with van der Waals surface area (Å²) in [5.74, 6) is -1.14. The maximum atomic E-state index is 13.6. The van der Waals surface area contributed by atoms with E-state index in [0.29, 0.717) is 48.8 Å². The number of likely N-dealkylation sites (tertiary alicyclic amines) is 1. The highest BCUT2D eigenvalue weighted by atomic mass is 19.1. The first-order valence-corrected chi connectivity index (χ1v) is 11.6. The van der Waals surface area contributed by atoms with E-state index in [1.165, 1.54) is 17.0 Å². The summed E-state index contributed by atoms with van der Waals surface area (Å²) in [4.78, 5) is 29.9. The number of amides is 1. The van der Waals surface area contributed by atoms with Crippen LogP contribution in [-0.4, -0.2) is 66.0 Å². The minimum atomic E-state index is -0.814. The number of aliphatic hydroxyl groups excluding tert-OH is 1. The lowest BCUT2D eigenvalue weighted by Crippen LogP contribution is -2.33. The molecule has 2 aliphatic rings. The summed E-state index contributed by atoms with van der Waals surface area (Å²) in [5.41, 5.74) is 0.885. The smallest absolute Gasteiger partial charge is 0.295 e. The Morgan fingerprint density at radius 2 is 1.74 bits per heavy atom. The van der Waals surface area contributed by atoms with Gasteiger partial charge >= 0.3 is 0 Å². The van der Waals surface area contributed by atoms with Gasteiger partial charge in [-0.05, 0) is 62.0 Å². The van der Waals surface area contributed by atoms with Crippen LogP contribution in [0.3, 0.4) is 0 Å². The van der Waals surface area contributed by atoms with Crippen molar-refractivity contribution in [2.75, 3.05) is 39.4 Å². The maximum Gasteiger partial charge on any atom is 0.295 e. The van der Waals surface area contributed by atoms with E-state index in [0.717, 1.165) is 19.6 Å². The number of carbonyl (C=O) groups is 2. The Labute approximate surface area is 198 Å². The highest BCUT2D eigenvalue weighted by Gasteiger charge is 2.45. The van der Waals surface area contributed by atoms with Gasteiger partial charge in [-0.1, -0.05) is 26.0 Å². The first-order chi connectivity index (χ1) is 16.4. The summed E-state index contributed by atoms with van der Waals surface area (Å²) in [5, 5.41) is 11.2. The fourth-order valence-electron chi connectivity index (χ4n) is 4.45. The molecule has 1 N–H and O–H groups in total. The maximum absolute atomic E-state index is 13.6. The third-order valence-corrected chi connectivity index (χ3v) is 6.31. The molecule has 0 saturated carbocycles. The van der Waals surface area contributed by atoms with Crippen LogP contribution in [0.15, 0.2) is 48.0 Å². The van der Waals surface area contributed by atoms with Crippen LogP contribution in [0.1, 0.15) is 37.4 Å². The van der Waals surface area contributed by atoms with Gasteiger partial charge in [0.1, 0.15) is 24.8 Å². The highest BCUT2D eigenvalue weighted by molar-refractivity contribution is 6.46. The molecule has 0 bridgehead atoms. The Kier molecular flexibility index (Phi) is 7.17. The van der Waals surface area contributed by atoms with E-state index in [9.17, 15) is 19.1 Å². The summed E-state index contributed by atoms with van der Waals surface area (Å²) < 4.78 is 24.8. The quantitative estimate of drug-likeness (QED) is 0.361. The van der Waals surface area contributed by atoms with E-state index < -0.39 is 23.5 Å². The largest absolute Gasteiger partial charge is 0.507 e. The number of hydrogen-bond donors (Lipinski definition) is 1. The van der Waals surface area contributed by atoms with Crippen LogP contribution in [0.25, 0.3) is 5.76 Å². The first kappa shape index (κ1) is 23.8. The standard InChI is InChI=1S/C26H29FN2O5/c1-3-28(4-2)12-5-13-29-23(17-6-9-19(27)10-7-17)22(25(31)26(29)32)24(30)18-8-11-20-21(16-18)34-15-14-33-20/h6-11,16,23,30H,3-5,12-15H2,1-2H3/b24-22-. The summed E-state index contributed by atoms with van der Waals surface area (Å²) in [6, 6.07) is 9.73. The van der Waals surface area contributed by atoms with Crippen molar-refractivity contribution in [3.63, 3.8) is 0 Å². The van der Waals surface area contributed by atoms with Crippen molar-refractivity contribution in [3.05, 3.63) is 65.0 Å². The predicted octanol–water partition coefficient (Wildman–Crippen LogP) is 3.75. The highest BCUT2D eigenvalue weighted by Crippen LogP contribution is 2.41. The van der Waals surface area contributed by atoms with Gasteiger partial charge in [0.25, 0.3) is 11.7 Å². The molecule has 1 atom stereocenters. The number of ether oxygens (including phenoxy) is 2. The second-order valence-electron chi connectivity index (χ2n) is 8.28. The summed E-state index contributed by atoms with van der Waals surface area (Å²) in [6.45, 7) is 7.84. The molecule has 2 aromatic carbocycles. The van der Waals surface area contributed by atoms with Crippen molar-refractivity contribution < 1.29 is 28.6 Å². The molecule has 0 radical (unpaired) electrons. The molecule has 2 heterocycles. The molecule has 7 nitrogen and oxygen atoms in total. The Morgan fingerprint density at radius 3 is 2.41 bits per heavy atom. The minimum absolute atomic E-state index is 0.0175. The molecule has 1 unspecified atom stereocenters. The lowest BCUT2D eigenvalue weighted by atomic mass is 9.95. The Balaban J connectivity index is 1.72. The molecule has 180 valence electrons. The van der Waals surface area contributed by atoms with E-state index in [1.54, 1.807) is 30.3 Å². The van der Waals surface area contributed by atoms with Crippen LogP contribution in [0.4, 0.5) is 4.39 Å². The molecule has 1 fully saturated rings. The average Bonchev–Trinajstić information content (AvgIpc) is 3.11. The number of nitrogens with zero attached hydrogens (tertiary/aromatic N) is 2. The summed E-state index contributed by atoms with van der Waals surface area (Å²) >= 11 is 0. The fourth-order valence-corrected chi connectivity index (χ4v) is 4.45. The third kappa shape index (κ3) is 4.63. The molecule has 0 aliphatic carbocycles. The molecule has 8 heteroatoms. The van der Waals surface area contributed by atoms with E-state index in [-0.39, 0.29) is 11.3 Å². The second-order valence-corrected chi connectivity index (χ2v) is 8.28. The first-order valence-electron chi connectivity index (χ1n) is 11.6. The van der Waals surface area contributed by atoms with Gasteiger partial charge in [0.15, 0.2) is 11.5 Å². The zero-order valence-electron chi connectivity index (χ0n) is 19.4. The van der Waals surface area contributed by atoms with Crippen LogP contribution in [0.5, 0.6) is 11.5 Å². The van der Waals surface area contributed by atoms with E-state index >= 15 is 0 Å².